The average Bonchev–Trinajstić information content (AvgIpc) is 2.32. The number of aromatic nitrogens is 2. The van der Waals surface area contributed by atoms with E-state index in [1.54, 1.807) is 12.1 Å². The lowest BCUT2D eigenvalue weighted by Gasteiger charge is -2.14. The second-order valence-electron chi connectivity index (χ2n) is 4.31. The lowest BCUT2D eigenvalue weighted by molar-refractivity contribution is 0.628. The molecule has 0 aliphatic heterocycles. The predicted molar refractivity (Wildman–Crippen MR) is 70.2 cm³/mol. The van der Waals surface area contributed by atoms with Crippen LogP contribution in [-0.4, -0.2) is 9.97 Å². The van der Waals surface area contributed by atoms with Gasteiger partial charge in [-0.3, -0.25) is 0 Å². The van der Waals surface area contributed by atoms with Gasteiger partial charge in [0, 0.05) is 11.3 Å². The van der Waals surface area contributed by atoms with Crippen LogP contribution in [0.15, 0.2) is 30.6 Å². The Kier molecular flexibility index (Phi) is 3.41. The number of hydrogen-bond donors (Lipinski definition) is 2. The Morgan fingerprint density at radius 1 is 1.17 bits per heavy atom. The van der Waals surface area contributed by atoms with Gasteiger partial charge in [-0.05, 0) is 30.2 Å². The number of rotatable bonds is 3. The molecule has 2 aromatic rings. The quantitative estimate of drug-likeness (QED) is 0.873. The number of nitrogens with one attached hydrogen (secondary N) is 1. The molecular weight excluding hydrogens is 231 g/mol. The molecule has 0 radical (unpaired) electrons. The molecule has 0 saturated carbocycles. The molecule has 0 aliphatic rings. The van der Waals surface area contributed by atoms with Gasteiger partial charge in [0.25, 0.3) is 0 Å². The van der Waals surface area contributed by atoms with Crippen molar-refractivity contribution in [1.82, 2.24) is 9.97 Å². The van der Waals surface area contributed by atoms with Gasteiger partial charge >= 0.3 is 0 Å². The van der Waals surface area contributed by atoms with Crippen LogP contribution in [-0.2, 0) is 0 Å². The zero-order valence-corrected chi connectivity index (χ0v) is 10.3. The first-order chi connectivity index (χ1) is 8.58. The molecule has 0 aliphatic carbocycles. The standard InChI is InChI=1S/C13H15FN4/c1-8(2)11-12(15)16-7-17-13(11)18-10-5-3-9(14)4-6-10/h3-8H,1-2H3,(H3,15,16,17,18). The van der Waals surface area contributed by atoms with Crippen LogP contribution in [0.25, 0.3) is 0 Å². The van der Waals surface area contributed by atoms with E-state index < -0.39 is 0 Å². The summed E-state index contributed by atoms with van der Waals surface area (Å²) in [6.45, 7) is 4.04. The number of nitrogens with zero attached hydrogens (tertiary/aromatic N) is 2. The van der Waals surface area contributed by atoms with E-state index in [1.165, 1.54) is 18.5 Å². The van der Waals surface area contributed by atoms with Gasteiger partial charge in [-0.25, -0.2) is 14.4 Å². The molecule has 0 atom stereocenters. The fourth-order valence-electron chi connectivity index (χ4n) is 1.75. The normalized spacial score (nSPS) is 10.7. The number of benzene rings is 1. The van der Waals surface area contributed by atoms with Gasteiger partial charge in [0.05, 0.1) is 0 Å². The maximum Gasteiger partial charge on any atom is 0.139 e. The zero-order valence-electron chi connectivity index (χ0n) is 10.3. The van der Waals surface area contributed by atoms with E-state index in [1.807, 2.05) is 13.8 Å². The summed E-state index contributed by atoms with van der Waals surface area (Å²) in [5, 5.41) is 3.12. The fraction of sp³-hybridized carbons (Fsp3) is 0.231. The van der Waals surface area contributed by atoms with Gasteiger partial charge in [0.1, 0.15) is 23.8 Å². The van der Waals surface area contributed by atoms with Gasteiger partial charge in [0.2, 0.25) is 0 Å². The van der Waals surface area contributed by atoms with Gasteiger partial charge < -0.3 is 11.1 Å². The van der Waals surface area contributed by atoms with Crippen LogP contribution in [0.5, 0.6) is 0 Å². The Morgan fingerprint density at radius 3 is 2.44 bits per heavy atom. The molecule has 2 rings (SSSR count). The molecule has 18 heavy (non-hydrogen) atoms. The van der Waals surface area contributed by atoms with Crippen molar-refractivity contribution in [3.8, 4) is 0 Å². The molecule has 0 bridgehead atoms. The topological polar surface area (TPSA) is 63.8 Å². The van der Waals surface area contributed by atoms with Crippen molar-refractivity contribution in [2.75, 3.05) is 11.1 Å². The summed E-state index contributed by atoms with van der Waals surface area (Å²) in [6, 6.07) is 6.08. The SMILES string of the molecule is CC(C)c1c(N)ncnc1Nc1ccc(F)cc1. The Balaban J connectivity index is 2.34. The first-order valence-corrected chi connectivity index (χ1v) is 5.71. The summed E-state index contributed by atoms with van der Waals surface area (Å²) < 4.78 is 12.8. The lowest BCUT2D eigenvalue weighted by Crippen LogP contribution is -2.06. The van der Waals surface area contributed by atoms with Gasteiger partial charge in [-0.1, -0.05) is 13.8 Å². The maximum absolute atomic E-state index is 12.8. The molecule has 0 saturated heterocycles. The smallest absolute Gasteiger partial charge is 0.139 e. The number of halogens is 1. The van der Waals surface area contributed by atoms with E-state index in [2.05, 4.69) is 15.3 Å². The van der Waals surface area contributed by atoms with Crippen LogP contribution >= 0.6 is 0 Å². The molecule has 94 valence electrons. The Bertz CT molecular complexity index is 537. The van der Waals surface area contributed by atoms with Crippen molar-refractivity contribution in [2.24, 2.45) is 0 Å². The third kappa shape index (κ3) is 2.56. The van der Waals surface area contributed by atoms with Crippen LogP contribution in [0, 0.1) is 5.82 Å². The van der Waals surface area contributed by atoms with Gasteiger partial charge in [0.15, 0.2) is 0 Å². The highest BCUT2D eigenvalue weighted by Crippen LogP contribution is 2.28. The number of anilines is 3. The van der Waals surface area contributed by atoms with Crippen molar-refractivity contribution in [3.63, 3.8) is 0 Å². The summed E-state index contributed by atoms with van der Waals surface area (Å²) in [4.78, 5) is 8.17. The largest absolute Gasteiger partial charge is 0.383 e. The van der Waals surface area contributed by atoms with Crippen molar-refractivity contribution in [2.45, 2.75) is 19.8 Å². The Labute approximate surface area is 105 Å². The van der Waals surface area contributed by atoms with Crippen molar-refractivity contribution >= 4 is 17.3 Å². The zero-order chi connectivity index (χ0) is 13.1. The predicted octanol–water partition coefficient (Wildman–Crippen LogP) is 3.06. The second kappa shape index (κ2) is 5.00. The molecule has 0 spiro atoms. The molecule has 1 aromatic heterocycles. The average molecular weight is 246 g/mol. The minimum absolute atomic E-state index is 0.203. The summed E-state index contributed by atoms with van der Waals surface area (Å²) in [5.41, 5.74) is 7.47. The van der Waals surface area contributed by atoms with E-state index in [9.17, 15) is 4.39 Å². The van der Waals surface area contributed by atoms with Crippen molar-refractivity contribution in [3.05, 3.63) is 42.0 Å². The molecule has 0 fully saturated rings. The summed E-state index contributed by atoms with van der Waals surface area (Å²) in [5.74, 6) is 1.05. The van der Waals surface area contributed by atoms with Crippen LogP contribution in [0.1, 0.15) is 25.3 Å². The summed E-state index contributed by atoms with van der Waals surface area (Å²) >= 11 is 0. The number of nitrogens with two attached hydrogens (primary N) is 1. The highest BCUT2D eigenvalue weighted by atomic mass is 19.1. The fourth-order valence-corrected chi connectivity index (χ4v) is 1.75. The molecule has 0 amide bonds. The van der Waals surface area contributed by atoms with Crippen molar-refractivity contribution in [1.29, 1.82) is 0 Å². The molecule has 1 aromatic carbocycles. The number of nitrogen functional groups attached to an aromatic ring is 1. The van der Waals surface area contributed by atoms with E-state index in [0.717, 1.165) is 11.3 Å². The summed E-state index contributed by atoms with van der Waals surface area (Å²) in [7, 11) is 0. The minimum atomic E-state index is -0.271. The van der Waals surface area contributed by atoms with E-state index in [0.29, 0.717) is 11.6 Å². The molecule has 1 heterocycles. The molecule has 0 unspecified atom stereocenters. The first-order valence-electron chi connectivity index (χ1n) is 5.71. The molecular formula is C13H15FN4. The van der Waals surface area contributed by atoms with Gasteiger partial charge in [-0.15, -0.1) is 0 Å². The highest BCUT2D eigenvalue weighted by molar-refractivity contribution is 5.64. The summed E-state index contributed by atoms with van der Waals surface area (Å²) in [6.07, 6.45) is 1.41. The van der Waals surface area contributed by atoms with Crippen molar-refractivity contribution < 1.29 is 4.39 Å². The molecule has 3 N–H and O–H groups in total. The van der Waals surface area contributed by atoms with Crippen LogP contribution in [0.2, 0.25) is 0 Å². The van der Waals surface area contributed by atoms with Crippen LogP contribution < -0.4 is 11.1 Å². The highest BCUT2D eigenvalue weighted by Gasteiger charge is 2.12. The van der Waals surface area contributed by atoms with E-state index in [4.69, 9.17) is 5.73 Å². The lowest BCUT2D eigenvalue weighted by atomic mass is 10.0. The third-order valence-corrected chi connectivity index (χ3v) is 2.60. The monoisotopic (exact) mass is 246 g/mol. The Morgan fingerprint density at radius 2 is 1.83 bits per heavy atom. The van der Waals surface area contributed by atoms with Crippen LogP contribution in [0.3, 0.4) is 0 Å². The Hall–Kier alpha value is -2.17. The number of hydrogen-bond acceptors (Lipinski definition) is 4. The van der Waals surface area contributed by atoms with Crippen LogP contribution in [0.4, 0.5) is 21.7 Å². The first kappa shape index (κ1) is 12.3. The molecule has 4 nitrogen and oxygen atoms in total. The van der Waals surface area contributed by atoms with Gasteiger partial charge in [-0.2, -0.15) is 0 Å². The third-order valence-electron chi connectivity index (χ3n) is 2.60. The van der Waals surface area contributed by atoms with E-state index in [-0.39, 0.29) is 11.7 Å². The minimum Gasteiger partial charge on any atom is -0.383 e. The molecule has 5 heteroatoms. The second-order valence-corrected chi connectivity index (χ2v) is 4.31. The maximum atomic E-state index is 12.8. The van der Waals surface area contributed by atoms with E-state index >= 15 is 0 Å².